The molecular weight excluding hydrogens is 462 g/mol. The second-order valence-corrected chi connectivity index (χ2v) is 10.5. The summed E-state index contributed by atoms with van der Waals surface area (Å²) in [6.45, 7) is 5.52. The van der Waals surface area contributed by atoms with E-state index in [1.54, 1.807) is 0 Å². The summed E-state index contributed by atoms with van der Waals surface area (Å²) in [4.78, 5) is 30.4. The summed E-state index contributed by atoms with van der Waals surface area (Å²) in [5.74, 6) is 0.856. The van der Waals surface area contributed by atoms with Crippen molar-refractivity contribution in [1.82, 2.24) is 15.1 Å². The van der Waals surface area contributed by atoms with Gasteiger partial charge in [0.2, 0.25) is 0 Å². The monoisotopic (exact) mass is 495 g/mol. The van der Waals surface area contributed by atoms with Gasteiger partial charge in [-0.25, -0.2) is 4.79 Å². The summed E-state index contributed by atoms with van der Waals surface area (Å²) in [6.07, 6.45) is 2.84. The first kappa shape index (κ1) is 23.6. The molecule has 0 bridgehead atoms. The average molecular weight is 496 g/mol. The molecule has 2 aliphatic heterocycles. The smallest absolute Gasteiger partial charge is 0.318 e. The number of hydrogen-bond donors (Lipinski definition) is 1. The standard InChI is InChI=1S/C31H33N3O3/c1-2-37-23-13-11-22(12-14-23)29(35)33-18-15-31(16-19-33)17-20-34(21-31)30(36)32-28-26-9-5-3-7-24(26)25-8-4-6-10-27(25)28/h3-14,28H,2,15-21H2,1H3,(H,32,36). The van der Waals surface area contributed by atoms with Gasteiger partial charge < -0.3 is 19.9 Å². The molecule has 2 saturated heterocycles. The Hall–Kier alpha value is -3.80. The van der Waals surface area contributed by atoms with Crippen molar-refractivity contribution in [2.45, 2.75) is 32.2 Å². The largest absolute Gasteiger partial charge is 0.494 e. The highest BCUT2D eigenvalue weighted by atomic mass is 16.5. The van der Waals surface area contributed by atoms with E-state index < -0.39 is 0 Å². The number of nitrogens with zero attached hydrogens (tertiary/aromatic N) is 2. The van der Waals surface area contributed by atoms with E-state index in [2.05, 4.69) is 41.7 Å². The number of fused-ring (bicyclic) bond motifs is 3. The second-order valence-electron chi connectivity index (χ2n) is 10.5. The number of ether oxygens (including phenoxy) is 1. The molecule has 0 unspecified atom stereocenters. The lowest BCUT2D eigenvalue weighted by Crippen LogP contribution is -2.46. The van der Waals surface area contributed by atoms with Crippen LogP contribution in [0, 0.1) is 5.41 Å². The Morgan fingerprint density at radius 1 is 0.838 bits per heavy atom. The van der Waals surface area contributed by atoms with Gasteiger partial charge in [0.05, 0.1) is 12.6 Å². The van der Waals surface area contributed by atoms with Crippen LogP contribution in [0.25, 0.3) is 11.1 Å². The van der Waals surface area contributed by atoms with Crippen LogP contribution in [0.2, 0.25) is 0 Å². The van der Waals surface area contributed by atoms with Crippen LogP contribution in [-0.4, -0.2) is 54.5 Å². The maximum atomic E-state index is 13.4. The molecule has 0 saturated carbocycles. The van der Waals surface area contributed by atoms with Crippen LogP contribution < -0.4 is 10.1 Å². The highest BCUT2D eigenvalue weighted by Gasteiger charge is 2.43. The molecule has 2 heterocycles. The van der Waals surface area contributed by atoms with Gasteiger partial charge in [0.25, 0.3) is 5.91 Å². The Morgan fingerprint density at radius 3 is 2.00 bits per heavy atom. The zero-order chi connectivity index (χ0) is 25.4. The summed E-state index contributed by atoms with van der Waals surface area (Å²) < 4.78 is 5.49. The van der Waals surface area contributed by atoms with Gasteiger partial charge in [-0.1, -0.05) is 48.5 Å². The highest BCUT2D eigenvalue weighted by Crippen LogP contribution is 2.44. The van der Waals surface area contributed by atoms with Crippen molar-refractivity contribution in [3.63, 3.8) is 0 Å². The van der Waals surface area contributed by atoms with Crippen LogP contribution in [0.5, 0.6) is 5.75 Å². The van der Waals surface area contributed by atoms with Gasteiger partial charge in [0.1, 0.15) is 5.75 Å². The van der Waals surface area contributed by atoms with Crippen LogP contribution in [0.1, 0.15) is 53.7 Å². The Balaban J connectivity index is 1.08. The third kappa shape index (κ3) is 4.35. The topological polar surface area (TPSA) is 61.9 Å². The Morgan fingerprint density at radius 2 is 1.41 bits per heavy atom. The van der Waals surface area contributed by atoms with Gasteiger partial charge in [0.15, 0.2) is 0 Å². The lowest BCUT2D eigenvalue weighted by atomic mass is 9.77. The normalized spacial score (nSPS) is 18.0. The number of nitrogens with one attached hydrogen (secondary N) is 1. The molecule has 2 fully saturated rings. The van der Waals surface area contributed by atoms with E-state index in [0.29, 0.717) is 12.2 Å². The van der Waals surface area contributed by atoms with Gasteiger partial charge in [-0.2, -0.15) is 0 Å². The molecule has 3 amide bonds. The van der Waals surface area contributed by atoms with E-state index >= 15 is 0 Å². The number of likely N-dealkylation sites (tertiary alicyclic amines) is 2. The number of carbonyl (C=O) groups excluding carboxylic acids is 2. The quantitative estimate of drug-likeness (QED) is 0.520. The molecule has 37 heavy (non-hydrogen) atoms. The fourth-order valence-electron chi connectivity index (χ4n) is 6.27. The molecule has 190 valence electrons. The highest BCUT2D eigenvalue weighted by molar-refractivity contribution is 5.94. The van der Waals surface area contributed by atoms with Crippen molar-refractivity contribution >= 4 is 11.9 Å². The zero-order valence-electron chi connectivity index (χ0n) is 21.3. The van der Waals surface area contributed by atoms with Gasteiger partial charge >= 0.3 is 6.03 Å². The molecular formula is C31H33N3O3. The Labute approximate surface area is 218 Å². The van der Waals surface area contributed by atoms with Crippen LogP contribution >= 0.6 is 0 Å². The lowest BCUT2D eigenvalue weighted by molar-refractivity contribution is 0.0593. The van der Waals surface area contributed by atoms with Crippen molar-refractivity contribution < 1.29 is 14.3 Å². The van der Waals surface area contributed by atoms with Crippen LogP contribution in [0.4, 0.5) is 4.79 Å². The first-order valence-corrected chi connectivity index (χ1v) is 13.3. The van der Waals surface area contributed by atoms with Gasteiger partial charge in [-0.05, 0) is 78.1 Å². The van der Waals surface area contributed by atoms with Crippen LogP contribution in [-0.2, 0) is 0 Å². The average Bonchev–Trinajstić information content (AvgIpc) is 3.49. The minimum absolute atomic E-state index is 0.00118. The summed E-state index contributed by atoms with van der Waals surface area (Å²) in [7, 11) is 0. The summed E-state index contributed by atoms with van der Waals surface area (Å²) in [5, 5.41) is 3.33. The predicted octanol–water partition coefficient (Wildman–Crippen LogP) is 5.49. The van der Waals surface area contributed by atoms with Crippen molar-refractivity contribution in [2.75, 3.05) is 32.8 Å². The molecule has 1 spiro atoms. The summed E-state index contributed by atoms with van der Waals surface area (Å²) in [6, 6.07) is 24.0. The van der Waals surface area contributed by atoms with Crippen molar-refractivity contribution in [3.8, 4) is 16.9 Å². The third-order valence-corrected chi connectivity index (χ3v) is 8.35. The maximum absolute atomic E-state index is 13.4. The molecule has 0 atom stereocenters. The van der Waals surface area contributed by atoms with Gasteiger partial charge in [0, 0.05) is 31.7 Å². The Bertz CT molecular complexity index is 1270. The second kappa shape index (κ2) is 9.58. The van der Waals surface area contributed by atoms with E-state index in [1.807, 2.05) is 53.1 Å². The molecule has 6 rings (SSSR count). The SMILES string of the molecule is CCOc1ccc(C(=O)N2CCC3(CCN(C(=O)NC4c5ccccc5-c5ccccc54)C3)CC2)cc1. The Kier molecular flexibility index (Phi) is 6.11. The fraction of sp³-hybridized carbons (Fsp3) is 0.355. The molecule has 1 N–H and O–H groups in total. The molecule has 0 aromatic heterocycles. The number of benzene rings is 3. The summed E-state index contributed by atoms with van der Waals surface area (Å²) >= 11 is 0. The summed E-state index contributed by atoms with van der Waals surface area (Å²) in [5.41, 5.74) is 5.51. The molecule has 6 nitrogen and oxygen atoms in total. The van der Waals surface area contributed by atoms with E-state index in [9.17, 15) is 9.59 Å². The molecule has 3 aliphatic rings. The van der Waals surface area contributed by atoms with Crippen molar-refractivity contribution in [2.24, 2.45) is 5.41 Å². The molecule has 6 heteroatoms. The predicted molar refractivity (Wildman–Crippen MR) is 144 cm³/mol. The minimum Gasteiger partial charge on any atom is -0.494 e. The van der Waals surface area contributed by atoms with Gasteiger partial charge in [-0.3, -0.25) is 4.79 Å². The number of carbonyl (C=O) groups is 2. The first-order valence-electron chi connectivity index (χ1n) is 13.3. The van der Waals surface area contributed by atoms with Crippen molar-refractivity contribution in [1.29, 1.82) is 0 Å². The van der Waals surface area contributed by atoms with E-state index in [-0.39, 0.29) is 23.4 Å². The van der Waals surface area contributed by atoms with E-state index in [0.717, 1.165) is 62.3 Å². The van der Waals surface area contributed by atoms with E-state index in [1.165, 1.54) is 11.1 Å². The third-order valence-electron chi connectivity index (χ3n) is 8.35. The lowest BCUT2D eigenvalue weighted by Gasteiger charge is -2.39. The maximum Gasteiger partial charge on any atom is 0.318 e. The van der Waals surface area contributed by atoms with Crippen molar-refractivity contribution in [3.05, 3.63) is 89.5 Å². The zero-order valence-corrected chi connectivity index (χ0v) is 21.3. The molecule has 3 aromatic rings. The van der Waals surface area contributed by atoms with Gasteiger partial charge in [-0.15, -0.1) is 0 Å². The van der Waals surface area contributed by atoms with Crippen LogP contribution in [0.3, 0.4) is 0 Å². The molecule has 3 aromatic carbocycles. The number of urea groups is 1. The number of piperidine rings is 1. The number of hydrogen-bond acceptors (Lipinski definition) is 3. The van der Waals surface area contributed by atoms with E-state index in [4.69, 9.17) is 4.74 Å². The molecule has 1 aliphatic carbocycles. The number of amides is 3. The minimum atomic E-state index is -0.120. The molecule has 0 radical (unpaired) electrons. The number of rotatable bonds is 4. The first-order chi connectivity index (χ1) is 18.1. The fourth-order valence-corrected chi connectivity index (χ4v) is 6.27. The van der Waals surface area contributed by atoms with Crippen LogP contribution in [0.15, 0.2) is 72.8 Å².